The van der Waals surface area contributed by atoms with Crippen LogP contribution in [0.2, 0.25) is 0 Å². The van der Waals surface area contributed by atoms with Gasteiger partial charge in [0.15, 0.2) is 0 Å². The molecule has 2 N–H and O–H groups in total. The molecule has 220 valence electrons. The monoisotopic (exact) mass is 551 g/mol. The Hall–Kier alpha value is -3.35. The van der Waals surface area contributed by atoms with Gasteiger partial charge in [0.2, 0.25) is 11.8 Å². The molecular formula is C33H49N3O4. The zero-order valence-electron chi connectivity index (χ0n) is 25.8. The number of nitrogens with one attached hydrogen (secondary N) is 2. The SMILES string of the molecule is CCCC(C)NC(=O)C(c1cccc(C)c1C)N(C(=O)C(Cc1ccccc1)NC(=O)OC(C)(C)C)C(C)CC. The van der Waals surface area contributed by atoms with E-state index in [0.29, 0.717) is 6.42 Å². The fourth-order valence-corrected chi connectivity index (χ4v) is 4.79. The van der Waals surface area contributed by atoms with E-state index in [0.717, 1.165) is 35.1 Å². The number of amides is 3. The zero-order valence-corrected chi connectivity index (χ0v) is 25.8. The minimum atomic E-state index is -0.931. The maximum Gasteiger partial charge on any atom is 0.408 e. The fraction of sp³-hybridized carbons (Fsp3) is 0.545. The summed E-state index contributed by atoms with van der Waals surface area (Å²) in [6.45, 7) is 17.3. The molecule has 0 radical (unpaired) electrons. The van der Waals surface area contributed by atoms with Crippen LogP contribution in [-0.2, 0) is 20.7 Å². The van der Waals surface area contributed by atoms with Crippen LogP contribution in [0.3, 0.4) is 0 Å². The predicted octanol–water partition coefficient (Wildman–Crippen LogP) is 6.41. The van der Waals surface area contributed by atoms with Crippen LogP contribution in [0.25, 0.3) is 0 Å². The van der Waals surface area contributed by atoms with Gasteiger partial charge in [0.05, 0.1) is 0 Å². The summed E-state index contributed by atoms with van der Waals surface area (Å²) in [7, 11) is 0. The number of nitrogens with zero attached hydrogens (tertiary/aromatic N) is 1. The van der Waals surface area contributed by atoms with Gasteiger partial charge in [-0.1, -0.05) is 68.8 Å². The van der Waals surface area contributed by atoms with Crippen LogP contribution in [0, 0.1) is 13.8 Å². The Morgan fingerprint density at radius 3 is 2.15 bits per heavy atom. The van der Waals surface area contributed by atoms with Crippen LogP contribution in [0.5, 0.6) is 0 Å². The third-order valence-corrected chi connectivity index (χ3v) is 7.17. The molecule has 0 aliphatic heterocycles. The molecule has 0 heterocycles. The zero-order chi connectivity index (χ0) is 30.0. The summed E-state index contributed by atoms with van der Waals surface area (Å²) in [5.41, 5.74) is 2.96. The molecule has 3 amide bonds. The van der Waals surface area contributed by atoms with E-state index in [2.05, 4.69) is 17.6 Å². The van der Waals surface area contributed by atoms with Crippen molar-refractivity contribution in [1.82, 2.24) is 15.5 Å². The van der Waals surface area contributed by atoms with Crippen molar-refractivity contribution >= 4 is 17.9 Å². The van der Waals surface area contributed by atoms with Gasteiger partial charge in [-0.2, -0.15) is 0 Å². The lowest BCUT2D eigenvalue weighted by molar-refractivity contribution is -0.145. The lowest BCUT2D eigenvalue weighted by Crippen LogP contribution is -2.56. The molecule has 0 aliphatic carbocycles. The summed E-state index contributed by atoms with van der Waals surface area (Å²) in [6.07, 6.45) is 1.99. The molecule has 0 saturated heterocycles. The highest BCUT2D eigenvalue weighted by Crippen LogP contribution is 2.30. The number of carbonyl (C=O) groups is 3. The maximum absolute atomic E-state index is 14.6. The Labute approximate surface area is 241 Å². The predicted molar refractivity (Wildman–Crippen MR) is 161 cm³/mol. The molecule has 0 saturated carbocycles. The molecule has 0 bridgehead atoms. The van der Waals surface area contributed by atoms with E-state index in [9.17, 15) is 14.4 Å². The lowest BCUT2D eigenvalue weighted by atomic mass is 9.93. The molecular weight excluding hydrogens is 502 g/mol. The Bertz CT molecular complexity index is 1130. The van der Waals surface area contributed by atoms with Gasteiger partial charge in [0.1, 0.15) is 17.7 Å². The van der Waals surface area contributed by atoms with Gasteiger partial charge >= 0.3 is 6.09 Å². The molecule has 7 nitrogen and oxygen atoms in total. The minimum absolute atomic E-state index is 0.0426. The number of alkyl carbamates (subject to hydrolysis) is 1. The quantitative estimate of drug-likeness (QED) is 0.319. The molecule has 0 spiro atoms. The average molecular weight is 552 g/mol. The van der Waals surface area contributed by atoms with Crippen molar-refractivity contribution in [3.05, 3.63) is 70.8 Å². The van der Waals surface area contributed by atoms with Gasteiger partial charge < -0.3 is 20.3 Å². The standard InChI is InChI=1S/C33H49N3O4/c1-10-16-23(4)34-30(37)29(27-20-15-17-22(3)25(27)6)36(24(5)11-2)31(38)28(21-26-18-13-12-14-19-26)35-32(39)40-33(7,8)9/h12-15,17-20,23-24,28-29H,10-11,16,21H2,1-9H3,(H,34,37)(H,35,39). The molecule has 0 fully saturated rings. The number of ether oxygens (including phenoxy) is 1. The number of aryl methyl sites for hydroxylation is 1. The molecule has 2 rings (SSSR count). The highest BCUT2D eigenvalue weighted by Gasteiger charge is 2.39. The topological polar surface area (TPSA) is 87.7 Å². The fourth-order valence-electron chi connectivity index (χ4n) is 4.79. The van der Waals surface area contributed by atoms with Gasteiger partial charge in [0, 0.05) is 18.5 Å². The lowest BCUT2D eigenvalue weighted by Gasteiger charge is -2.39. The van der Waals surface area contributed by atoms with Gasteiger partial charge in [-0.15, -0.1) is 0 Å². The highest BCUT2D eigenvalue weighted by atomic mass is 16.6. The van der Waals surface area contributed by atoms with Gasteiger partial charge in [-0.05, 0) is 83.6 Å². The summed E-state index contributed by atoms with van der Waals surface area (Å²) < 4.78 is 5.53. The average Bonchev–Trinajstić information content (AvgIpc) is 2.87. The maximum atomic E-state index is 14.6. The molecule has 0 aliphatic rings. The second-order valence-electron chi connectivity index (χ2n) is 11.8. The van der Waals surface area contributed by atoms with Crippen LogP contribution in [0.15, 0.2) is 48.5 Å². The van der Waals surface area contributed by atoms with Crippen molar-refractivity contribution in [1.29, 1.82) is 0 Å². The van der Waals surface area contributed by atoms with Crippen LogP contribution in [0.4, 0.5) is 4.79 Å². The molecule has 7 heteroatoms. The Kier molecular flexibility index (Phi) is 12.2. The number of carbonyl (C=O) groups excluding carboxylic acids is 3. The normalized spacial score (nSPS) is 14.4. The smallest absolute Gasteiger partial charge is 0.408 e. The van der Waals surface area contributed by atoms with Gasteiger partial charge in [-0.25, -0.2) is 4.79 Å². The van der Waals surface area contributed by atoms with Crippen molar-refractivity contribution in [2.24, 2.45) is 0 Å². The van der Waals surface area contributed by atoms with Crippen molar-refractivity contribution in [3.8, 4) is 0 Å². The molecule has 40 heavy (non-hydrogen) atoms. The molecule has 4 unspecified atom stereocenters. The third kappa shape index (κ3) is 9.39. The van der Waals surface area contributed by atoms with Crippen LogP contribution < -0.4 is 10.6 Å². The Morgan fingerprint density at radius 2 is 1.57 bits per heavy atom. The summed E-state index contributed by atoms with van der Waals surface area (Å²) >= 11 is 0. The van der Waals surface area contributed by atoms with Crippen LogP contribution in [-0.4, -0.2) is 46.5 Å². The van der Waals surface area contributed by atoms with E-state index >= 15 is 0 Å². The largest absolute Gasteiger partial charge is 0.444 e. The van der Waals surface area contributed by atoms with E-state index in [1.165, 1.54) is 0 Å². The first-order chi connectivity index (χ1) is 18.8. The third-order valence-electron chi connectivity index (χ3n) is 7.17. The molecule has 2 aromatic carbocycles. The van der Waals surface area contributed by atoms with Crippen molar-refractivity contribution < 1.29 is 19.1 Å². The van der Waals surface area contributed by atoms with E-state index in [1.807, 2.05) is 83.1 Å². The Morgan fingerprint density at radius 1 is 0.925 bits per heavy atom. The van der Waals surface area contributed by atoms with Crippen LogP contribution >= 0.6 is 0 Å². The number of rotatable bonds is 12. The van der Waals surface area contributed by atoms with Crippen molar-refractivity contribution in [2.45, 2.75) is 118 Å². The number of benzene rings is 2. The summed E-state index contributed by atoms with van der Waals surface area (Å²) in [5, 5.41) is 5.99. The number of hydrogen-bond donors (Lipinski definition) is 2. The van der Waals surface area contributed by atoms with Gasteiger partial charge in [-0.3, -0.25) is 9.59 Å². The molecule has 4 atom stereocenters. The second-order valence-corrected chi connectivity index (χ2v) is 11.8. The molecule has 2 aromatic rings. The van der Waals surface area contributed by atoms with Crippen LogP contribution in [0.1, 0.15) is 96.0 Å². The van der Waals surface area contributed by atoms with E-state index in [-0.39, 0.29) is 30.3 Å². The first-order valence-electron chi connectivity index (χ1n) is 14.5. The van der Waals surface area contributed by atoms with Crippen molar-refractivity contribution in [2.75, 3.05) is 0 Å². The summed E-state index contributed by atoms with van der Waals surface area (Å²) in [5.74, 6) is -0.549. The Balaban J connectivity index is 2.63. The summed E-state index contributed by atoms with van der Waals surface area (Å²) in [6, 6.07) is 13.3. The first-order valence-corrected chi connectivity index (χ1v) is 14.5. The van der Waals surface area contributed by atoms with E-state index in [1.54, 1.807) is 25.7 Å². The number of hydrogen-bond acceptors (Lipinski definition) is 4. The summed E-state index contributed by atoms with van der Waals surface area (Å²) in [4.78, 5) is 43.2. The first kappa shape index (κ1) is 32.9. The van der Waals surface area contributed by atoms with E-state index in [4.69, 9.17) is 4.74 Å². The minimum Gasteiger partial charge on any atom is -0.444 e. The highest BCUT2D eigenvalue weighted by molar-refractivity contribution is 5.93. The second kappa shape index (κ2) is 14.9. The van der Waals surface area contributed by atoms with Crippen molar-refractivity contribution in [3.63, 3.8) is 0 Å². The van der Waals surface area contributed by atoms with E-state index < -0.39 is 23.8 Å². The van der Waals surface area contributed by atoms with Gasteiger partial charge in [0.25, 0.3) is 0 Å². The molecule has 0 aromatic heterocycles.